The first kappa shape index (κ1) is 10.6. The van der Waals surface area contributed by atoms with Crippen molar-refractivity contribution in [2.75, 3.05) is 0 Å². The molecule has 0 spiro atoms. The van der Waals surface area contributed by atoms with Gasteiger partial charge in [-0.3, -0.25) is 0 Å². The molecule has 2 heteroatoms. The zero-order valence-corrected chi connectivity index (χ0v) is 8.80. The molecule has 1 N–H and O–H groups in total. The molecule has 0 aliphatic rings. The number of hydrogen-bond acceptors (Lipinski definition) is 1. The van der Waals surface area contributed by atoms with E-state index in [0.717, 1.165) is 22.6 Å². The van der Waals surface area contributed by atoms with Crippen LogP contribution in [0.4, 0.5) is 0 Å². The second kappa shape index (κ2) is 4.64. The molecule has 0 radical (unpaired) electrons. The van der Waals surface area contributed by atoms with E-state index in [1.54, 1.807) is 0 Å². The third kappa shape index (κ3) is 3.02. The summed E-state index contributed by atoms with van der Waals surface area (Å²) in [6, 6.07) is 5.93. The molecule has 1 unspecified atom stereocenters. The lowest BCUT2D eigenvalue weighted by molar-refractivity contribution is 0.171. The summed E-state index contributed by atoms with van der Waals surface area (Å²) in [4.78, 5) is 0. The van der Waals surface area contributed by atoms with Crippen molar-refractivity contribution >= 4 is 11.6 Å². The summed E-state index contributed by atoms with van der Waals surface area (Å²) in [5.74, 6) is 0. The van der Waals surface area contributed by atoms with Gasteiger partial charge in [0.1, 0.15) is 0 Å². The fourth-order valence-corrected chi connectivity index (χ4v) is 1.38. The Morgan fingerprint density at radius 3 is 2.69 bits per heavy atom. The Morgan fingerprint density at radius 2 is 2.15 bits per heavy atom. The third-order valence-electron chi connectivity index (χ3n) is 2.18. The molecular formula is C11H15ClO. The van der Waals surface area contributed by atoms with Crippen LogP contribution in [0, 0.1) is 6.92 Å². The predicted molar refractivity (Wildman–Crippen MR) is 56.2 cm³/mol. The van der Waals surface area contributed by atoms with E-state index in [1.165, 1.54) is 0 Å². The lowest BCUT2D eigenvalue weighted by atomic mass is 10.0. The van der Waals surface area contributed by atoms with E-state index in [0.29, 0.717) is 6.42 Å². The lowest BCUT2D eigenvalue weighted by Gasteiger charge is -2.08. The number of rotatable bonds is 3. The van der Waals surface area contributed by atoms with Gasteiger partial charge in [0.25, 0.3) is 0 Å². The van der Waals surface area contributed by atoms with Crippen molar-refractivity contribution in [3.63, 3.8) is 0 Å². The largest absolute Gasteiger partial charge is 0.393 e. The summed E-state index contributed by atoms with van der Waals surface area (Å²) in [6.07, 6.45) is 1.22. The predicted octanol–water partition coefficient (Wildman–Crippen LogP) is 2.96. The van der Waals surface area contributed by atoms with Gasteiger partial charge in [-0.15, -0.1) is 0 Å². The Kier molecular flexibility index (Phi) is 3.76. The van der Waals surface area contributed by atoms with Gasteiger partial charge in [0.15, 0.2) is 0 Å². The van der Waals surface area contributed by atoms with Crippen molar-refractivity contribution in [3.05, 3.63) is 34.3 Å². The molecule has 1 aromatic rings. The van der Waals surface area contributed by atoms with Crippen LogP contribution in [-0.4, -0.2) is 11.2 Å². The van der Waals surface area contributed by atoms with Gasteiger partial charge in [0, 0.05) is 5.02 Å². The van der Waals surface area contributed by atoms with Crippen LogP contribution in [0.25, 0.3) is 0 Å². The fourth-order valence-electron chi connectivity index (χ4n) is 1.18. The first-order chi connectivity index (χ1) is 6.13. The van der Waals surface area contributed by atoms with Crippen molar-refractivity contribution in [3.8, 4) is 0 Å². The molecule has 0 heterocycles. The van der Waals surface area contributed by atoms with Gasteiger partial charge < -0.3 is 5.11 Å². The summed E-state index contributed by atoms with van der Waals surface area (Å²) in [6.45, 7) is 3.95. The molecule has 0 saturated heterocycles. The molecule has 0 bridgehead atoms. The Labute approximate surface area is 84.4 Å². The topological polar surface area (TPSA) is 20.2 Å². The van der Waals surface area contributed by atoms with E-state index in [2.05, 4.69) is 0 Å². The second-order valence-electron chi connectivity index (χ2n) is 3.35. The van der Waals surface area contributed by atoms with Gasteiger partial charge in [0.2, 0.25) is 0 Å². The number of aryl methyl sites for hydroxylation is 1. The molecule has 72 valence electrons. The molecule has 1 atom stereocenters. The first-order valence-electron chi connectivity index (χ1n) is 4.56. The lowest BCUT2D eigenvalue weighted by Crippen LogP contribution is -2.08. The van der Waals surface area contributed by atoms with Crippen LogP contribution in [0.2, 0.25) is 5.02 Å². The van der Waals surface area contributed by atoms with Gasteiger partial charge in [-0.2, -0.15) is 0 Å². The molecule has 13 heavy (non-hydrogen) atoms. The van der Waals surface area contributed by atoms with Crippen molar-refractivity contribution in [2.45, 2.75) is 32.8 Å². The van der Waals surface area contributed by atoms with Gasteiger partial charge in [-0.05, 0) is 37.0 Å². The Morgan fingerprint density at radius 1 is 1.46 bits per heavy atom. The summed E-state index contributed by atoms with van der Waals surface area (Å²) in [7, 11) is 0. The SMILES string of the molecule is CCC(O)Cc1ccc(C)c(Cl)c1. The molecule has 0 fully saturated rings. The molecule has 0 amide bonds. The van der Waals surface area contributed by atoms with E-state index in [9.17, 15) is 5.11 Å². The molecule has 1 nitrogen and oxygen atoms in total. The monoisotopic (exact) mass is 198 g/mol. The minimum Gasteiger partial charge on any atom is -0.393 e. The summed E-state index contributed by atoms with van der Waals surface area (Å²) in [5, 5.41) is 10.2. The minimum absolute atomic E-state index is 0.251. The van der Waals surface area contributed by atoms with Gasteiger partial charge >= 0.3 is 0 Å². The number of halogens is 1. The highest BCUT2D eigenvalue weighted by molar-refractivity contribution is 6.31. The van der Waals surface area contributed by atoms with E-state index in [4.69, 9.17) is 11.6 Å². The molecular weight excluding hydrogens is 184 g/mol. The smallest absolute Gasteiger partial charge is 0.0577 e. The number of benzene rings is 1. The van der Waals surface area contributed by atoms with Gasteiger partial charge in [-0.1, -0.05) is 30.7 Å². The second-order valence-corrected chi connectivity index (χ2v) is 3.76. The van der Waals surface area contributed by atoms with Crippen molar-refractivity contribution in [1.29, 1.82) is 0 Å². The summed E-state index contributed by atoms with van der Waals surface area (Å²) in [5.41, 5.74) is 2.18. The zero-order chi connectivity index (χ0) is 9.84. The van der Waals surface area contributed by atoms with Crippen LogP contribution in [0.5, 0.6) is 0 Å². The molecule has 0 aliphatic heterocycles. The first-order valence-corrected chi connectivity index (χ1v) is 4.94. The van der Waals surface area contributed by atoms with E-state index < -0.39 is 0 Å². The highest BCUT2D eigenvalue weighted by Crippen LogP contribution is 2.17. The summed E-state index contributed by atoms with van der Waals surface area (Å²) >= 11 is 5.96. The van der Waals surface area contributed by atoms with Crippen molar-refractivity contribution in [1.82, 2.24) is 0 Å². The molecule has 1 rings (SSSR count). The average Bonchev–Trinajstić information content (AvgIpc) is 2.11. The quantitative estimate of drug-likeness (QED) is 0.792. The van der Waals surface area contributed by atoms with E-state index in [1.807, 2.05) is 32.0 Å². The van der Waals surface area contributed by atoms with Crippen molar-refractivity contribution < 1.29 is 5.11 Å². The Bertz CT molecular complexity index is 283. The summed E-state index contributed by atoms with van der Waals surface area (Å²) < 4.78 is 0. The maximum absolute atomic E-state index is 9.43. The van der Waals surface area contributed by atoms with Crippen LogP contribution in [0.3, 0.4) is 0 Å². The molecule has 1 aromatic carbocycles. The van der Waals surface area contributed by atoms with E-state index >= 15 is 0 Å². The number of aliphatic hydroxyl groups is 1. The third-order valence-corrected chi connectivity index (χ3v) is 2.59. The maximum atomic E-state index is 9.43. The van der Waals surface area contributed by atoms with Crippen LogP contribution in [0.15, 0.2) is 18.2 Å². The Hall–Kier alpha value is -0.530. The van der Waals surface area contributed by atoms with Crippen LogP contribution >= 0.6 is 11.6 Å². The van der Waals surface area contributed by atoms with Crippen molar-refractivity contribution in [2.24, 2.45) is 0 Å². The van der Waals surface area contributed by atoms with Crippen LogP contribution < -0.4 is 0 Å². The molecule has 0 saturated carbocycles. The standard InChI is InChI=1S/C11H15ClO/c1-3-10(13)6-9-5-4-8(2)11(12)7-9/h4-5,7,10,13H,3,6H2,1-2H3. The zero-order valence-electron chi connectivity index (χ0n) is 8.05. The normalized spacial score (nSPS) is 12.9. The van der Waals surface area contributed by atoms with Crippen LogP contribution in [-0.2, 0) is 6.42 Å². The minimum atomic E-state index is -0.251. The van der Waals surface area contributed by atoms with Crippen LogP contribution in [0.1, 0.15) is 24.5 Å². The van der Waals surface area contributed by atoms with E-state index in [-0.39, 0.29) is 6.10 Å². The fraction of sp³-hybridized carbons (Fsp3) is 0.455. The number of hydrogen-bond donors (Lipinski definition) is 1. The maximum Gasteiger partial charge on any atom is 0.0577 e. The highest BCUT2D eigenvalue weighted by Gasteiger charge is 2.03. The molecule has 0 aromatic heterocycles. The highest BCUT2D eigenvalue weighted by atomic mass is 35.5. The Balaban J connectivity index is 2.73. The number of aliphatic hydroxyl groups excluding tert-OH is 1. The van der Waals surface area contributed by atoms with Gasteiger partial charge in [-0.25, -0.2) is 0 Å². The average molecular weight is 199 g/mol. The molecule has 0 aliphatic carbocycles. The van der Waals surface area contributed by atoms with Gasteiger partial charge in [0.05, 0.1) is 6.10 Å².